The molecule has 1 aliphatic carbocycles. The highest BCUT2D eigenvalue weighted by atomic mass is 32.1. The highest BCUT2D eigenvalue weighted by Gasteiger charge is 2.23. The molecule has 1 saturated carbocycles. The van der Waals surface area contributed by atoms with Crippen LogP contribution < -0.4 is 11.1 Å². The van der Waals surface area contributed by atoms with Gasteiger partial charge in [-0.25, -0.2) is 4.98 Å². The van der Waals surface area contributed by atoms with Crippen molar-refractivity contribution in [3.05, 3.63) is 71.1 Å². The number of aryl methyl sites for hydroxylation is 1. The van der Waals surface area contributed by atoms with E-state index in [1.54, 1.807) is 0 Å². The molecule has 1 fully saturated rings. The molecule has 3 N–H and O–H groups in total. The zero-order valence-corrected chi connectivity index (χ0v) is 19.8. The fraction of sp³-hybridized carbons (Fsp3) is 0.286. The van der Waals surface area contributed by atoms with Gasteiger partial charge < -0.3 is 11.1 Å². The molecule has 0 spiro atoms. The van der Waals surface area contributed by atoms with Crippen molar-refractivity contribution >= 4 is 33.1 Å². The van der Waals surface area contributed by atoms with Gasteiger partial charge in [0.1, 0.15) is 9.71 Å². The molecule has 0 atom stereocenters. The number of hydrogen-bond acceptors (Lipinski definition) is 4. The number of benzene rings is 2. The number of nitrogen functional groups attached to an aromatic ring is 1. The predicted octanol–water partition coefficient (Wildman–Crippen LogP) is 6.97. The molecule has 0 radical (unpaired) electrons. The van der Waals surface area contributed by atoms with Gasteiger partial charge in [0, 0.05) is 17.0 Å². The third kappa shape index (κ3) is 4.51. The van der Waals surface area contributed by atoms with E-state index in [2.05, 4.69) is 54.7 Å². The van der Waals surface area contributed by atoms with Gasteiger partial charge in [0.05, 0.1) is 11.4 Å². The molecule has 2 aromatic carbocycles. The summed E-state index contributed by atoms with van der Waals surface area (Å²) in [6.07, 6.45) is 6.94. The van der Waals surface area contributed by atoms with E-state index >= 15 is 0 Å². The fourth-order valence-electron chi connectivity index (χ4n) is 4.68. The normalized spacial score (nSPS) is 14.8. The van der Waals surface area contributed by atoms with Gasteiger partial charge >= 0.3 is 0 Å². The number of anilines is 1. The molecule has 1 amide bonds. The molecule has 33 heavy (non-hydrogen) atoms. The molecule has 0 aliphatic heterocycles. The zero-order valence-electron chi connectivity index (χ0n) is 18.9. The summed E-state index contributed by atoms with van der Waals surface area (Å²) in [6.45, 7) is 2.08. The fourth-order valence-corrected chi connectivity index (χ4v) is 5.70. The number of rotatable bonds is 4. The molecule has 2 aromatic heterocycles. The van der Waals surface area contributed by atoms with Crippen molar-refractivity contribution in [1.29, 1.82) is 0 Å². The summed E-state index contributed by atoms with van der Waals surface area (Å²) in [5.41, 5.74) is 12.4. The van der Waals surface area contributed by atoms with Gasteiger partial charge in [-0.1, -0.05) is 85.8 Å². The second-order valence-electron chi connectivity index (χ2n) is 8.97. The number of fused-ring (bicyclic) bond motifs is 1. The molecule has 168 valence electrons. The maximum Gasteiger partial charge on any atom is 0.263 e. The van der Waals surface area contributed by atoms with Gasteiger partial charge in [0.25, 0.3) is 5.91 Å². The van der Waals surface area contributed by atoms with E-state index in [0.29, 0.717) is 10.6 Å². The standard InChI is InChI=1S/C28H29N3OS/c1-18-13-15-19(16-14-18)22-17-23(20-9-5-4-6-10-20)31-28-24(22)25(29)26(33-28)27(32)30-21-11-7-2-3-8-12-21/h4-6,9-10,13-17,21H,2-3,7-8,11-12,29H2,1H3,(H,30,32). The van der Waals surface area contributed by atoms with Crippen LogP contribution in [0.4, 0.5) is 5.69 Å². The molecule has 2 heterocycles. The van der Waals surface area contributed by atoms with Crippen molar-refractivity contribution < 1.29 is 4.79 Å². The quantitative estimate of drug-likeness (QED) is 0.326. The monoisotopic (exact) mass is 455 g/mol. The Morgan fingerprint density at radius 1 is 0.970 bits per heavy atom. The van der Waals surface area contributed by atoms with Crippen molar-refractivity contribution in [2.24, 2.45) is 0 Å². The Morgan fingerprint density at radius 2 is 1.67 bits per heavy atom. The van der Waals surface area contributed by atoms with Gasteiger partial charge in [-0.2, -0.15) is 0 Å². The molecule has 5 heteroatoms. The first-order chi connectivity index (χ1) is 16.1. The molecule has 0 unspecified atom stereocenters. The lowest BCUT2D eigenvalue weighted by molar-refractivity contribution is 0.0938. The Labute approximate surface area is 198 Å². The Bertz CT molecular complexity index is 1270. The number of carbonyl (C=O) groups is 1. The topological polar surface area (TPSA) is 68.0 Å². The van der Waals surface area contributed by atoms with E-state index in [-0.39, 0.29) is 11.9 Å². The number of nitrogens with two attached hydrogens (primary N) is 1. The number of thiophene rings is 1. The highest BCUT2D eigenvalue weighted by molar-refractivity contribution is 7.21. The number of nitrogens with one attached hydrogen (secondary N) is 1. The summed E-state index contributed by atoms with van der Waals surface area (Å²) in [5, 5.41) is 4.12. The lowest BCUT2D eigenvalue weighted by Gasteiger charge is -2.15. The molecule has 1 aliphatic rings. The molecule has 4 aromatic rings. The van der Waals surface area contributed by atoms with Gasteiger partial charge in [-0.05, 0) is 37.0 Å². The minimum absolute atomic E-state index is 0.0708. The Kier molecular flexibility index (Phi) is 6.14. The van der Waals surface area contributed by atoms with Crippen LogP contribution in [0.1, 0.15) is 53.8 Å². The number of amides is 1. The minimum atomic E-state index is -0.0708. The highest BCUT2D eigenvalue weighted by Crippen LogP contribution is 2.41. The number of hydrogen-bond donors (Lipinski definition) is 2. The van der Waals surface area contributed by atoms with Crippen LogP contribution in [-0.2, 0) is 0 Å². The Balaban J connectivity index is 1.61. The van der Waals surface area contributed by atoms with E-state index < -0.39 is 0 Å². The van der Waals surface area contributed by atoms with E-state index in [1.165, 1.54) is 42.6 Å². The van der Waals surface area contributed by atoms with Gasteiger partial charge in [0.2, 0.25) is 0 Å². The third-order valence-electron chi connectivity index (χ3n) is 6.53. The SMILES string of the molecule is Cc1ccc(-c2cc(-c3ccccc3)nc3sc(C(=O)NC4CCCCCC4)c(N)c23)cc1. The predicted molar refractivity (Wildman–Crippen MR) is 139 cm³/mol. The van der Waals surface area contributed by atoms with E-state index in [1.807, 2.05) is 18.2 Å². The first-order valence-electron chi connectivity index (χ1n) is 11.8. The summed E-state index contributed by atoms with van der Waals surface area (Å²) in [7, 11) is 0. The number of carbonyl (C=O) groups excluding carboxylic acids is 1. The zero-order chi connectivity index (χ0) is 22.8. The number of pyridine rings is 1. The van der Waals surface area contributed by atoms with Crippen LogP contribution in [0, 0.1) is 6.92 Å². The van der Waals surface area contributed by atoms with Gasteiger partial charge in [-0.3, -0.25) is 4.79 Å². The molecule has 5 rings (SSSR count). The van der Waals surface area contributed by atoms with Crippen LogP contribution in [0.15, 0.2) is 60.7 Å². The Morgan fingerprint density at radius 3 is 2.36 bits per heavy atom. The largest absolute Gasteiger partial charge is 0.397 e. The summed E-state index contributed by atoms with van der Waals surface area (Å²) < 4.78 is 0. The van der Waals surface area contributed by atoms with Crippen LogP contribution in [0.5, 0.6) is 0 Å². The molecule has 0 saturated heterocycles. The maximum absolute atomic E-state index is 13.3. The second kappa shape index (κ2) is 9.36. The first kappa shape index (κ1) is 21.7. The Hall–Kier alpha value is -3.18. The summed E-state index contributed by atoms with van der Waals surface area (Å²) in [6, 6.07) is 20.9. The van der Waals surface area contributed by atoms with Crippen LogP contribution in [0.3, 0.4) is 0 Å². The van der Waals surface area contributed by atoms with Crippen LogP contribution in [0.25, 0.3) is 32.6 Å². The van der Waals surface area contributed by atoms with Crippen LogP contribution in [0.2, 0.25) is 0 Å². The molecule has 0 bridgehead atoms. The van der Waals surface area contributed by atoms with Crippen LogP contribution in [-0.4, -0.2) is 16.9 Å². The van der Waals surface area contributed by atoms with E-state index in [4.69, 9.17) is 10.7 Å². The van der Waals surface area contributed by atoms with Crippen LogP contribution >= 0.6 is 11.3 Å². The van der Waals surface area contributed by atoms with Gasteiger partial charge in [0.15, 0.2) is 0 Å². The van der Waals surface area contributed by atoms with Crippen molar-refractivity contribution in [3.8, 4) is 22.4 Å². The summed E-state index contributed by atoms with van der Waals surface area (Å²) in [5.74, 6) is -0.0708. The average molecular weight is 456 g/mol. The molecular weight excluding hydrogens is 426 g/mol. The number of nitrogens with zero attached hydrogens (tertiary/aromatic N) is 1. The summed E-state index contributed by atoms with van der Waals surface area (Å²) >= 11 is 1.40. The van der Waals surface area contributed by atoms with Crippen molar-refractivity contribution in [2.75, 3.05) is 5.73 Å². The minimum Gasteiger partial charge on any atom is -0.397 e. The smallest absolute Gasteiger partial charge is 0.263 e. The van der Waals surface area contributed by atoms with Crippen molar-refractivity contribution in [3.63, 3.8) is 0 Å². The van der Waals surface area contributed by atoms with Gasteiger partial charge in [-0.15, -0.1) is 11.3 Å². The average Bonchev–Trinajstić information content (AvgIpc) is 2.99. The van der Waals surface area contributed by atoms with E-state index in [9.17, 15) is 4.79 Å². The van der Waals surface area contributed by atoms with Crippen molar-refractivity contribution in [1.82, 2.24) is 10.3 Å². The molecular formula is C28H29N3OS. The summed E-state index contributed by atoms with van der Waals surface area (Å²) in [4.78, 5) is 19.6. The maximum atomic E-state index is 13.3. The lowest BCUT2D eigenvalue weighted by Crippen LogP contribution is -2.34. The lowest BCUT2D eigenvalue weighted by atomic mass is 9.98. The second-order valence-corrected chi connectivity index (χ2v) is 9.97. The number of aromatic nitrogens is 1. The third-order valence-corrected chi connectivity index (χ3v) is 7.63. The van der Waals surface area contributed by atoms with Crippen molar-refractivity contribution in [2.45, 2.75) is 51.5 Å². The first-order valence-corrected chi connectivity index (χ1v) is 12.6. The molecule has 4 nitrogen and oxygen atoms in total. The van der Waals surface area contributed by atoms with E-state index in [0.717, 1.165) is 45.4 Å².